The molecule has 0 aromatic heterocycles. The van der Waals surface area contributed by atoms with Gasteiger partial charge in [-0.15, -0.1) is 0 Å². The van der Waals surface area contributed by atoms with E-state index in [1.807, 2.05) is 0 Å². The van der Waals surface area contributed by atoms with Crippen LogP contribution in [0.2, 0.25) is 0 Å². The fraction of sp³-hybridized carbons (Fsp3) is 0.455. The van der Waals surface area contributed by atoms with Gasteiger partial charge in [0.2, 0.25) is 0 Å². The van der Waals surface area contributed by atoms with Crippen molar-refractivity contribution < 1.29 is 19.0 Å². The molecule has 0 heterocycles. The Morgan fingerprint density at radius 3 is 2.88 bits per heavy atom. The second kappa shape index (κ2) is 6.96. The van der Waals surface area contributed by atoms with E-state index < -0.39 is 11.9 Å². The summed E-state index contributed by atoms with van der Waals surface area (Å²) in [5.74, 6) is -0.439. The molecule has 0 fully saturated rings. The Labute approximate surface area is 102 Å². The fourth-order valence-corrected chi connectivity index (χ4v) is 1.58. The Kier molecular flexibility index (Phi) is 5.90. The van der Waals surface area contributed by atoms with Crippen LogP contribution < -0.4 is 0 Å². The molecule has 90 valence electrons. The maximum absolute atomic E-state index is 13.3. The first-order chi connectivity index (χ1) is 7.65. The average Bonchev–Trinajstić information content (AvgIpc) is 2.27. The number of rotatable bonds is 6. The smallest absolute Gasteiger partial charge is 0.129 e. The van der Waals surface area contributed by atoms with E-state index in [1.165, 1.54) is 6.07 Å². The van der Waals surface area contributed by atoms with Crippen molar-refractivity contribution in [3.05, 3.63) is 34.1 Å². The van der Waals surface area contributed by atoms with E-state index in [-0.39, 0.29) is 12.2 Å². The number of ether oxygens (including phenoxy) is 2. The summed E-state index contributed by atoms with van der Waals surface area (Å²) < 4.78 is 24.0. The van der Waals surface area contributed by atoms with Gasteiger partial charge in [0.1, 0.15) is 11.9 Å². The van der Waals surface area contributed by atoms with Crippen molar-refractivity contribution in [3.63, 3.8) is 0 Å². The molecule has 5 heteroatoms. The van der Waals surface area contributed by atoms with E-state index in [1.54, 1.807) is 19.2 Å². The van der Waals surface area contributed by atoms with Crippen molar-refractivity contribution in [2.45, 2.75) is 6.10 Å². The van der Waals surface area contributed by atoms with Gasteiger partial charge in [0.15, 0.2) is 0 Å². The molecule has 1 atom stereocenters. The fourth-order valence-electron chi connectivity index (χ4n) is 1.20. The predicted octanol–water partition coefficient (Wildman–Crippen LogP) is 2.28. The van der Waals surface area contributed by atoms with Crippen LogP contribution in [-0.2, 0) is 9.47 Å². The highest BCUT2D eigenvalue weighted by Crippen LogP contribution is 2.21. The van der Waals surface area contributed by atoms with Crippen LogP contribution in [0.5, 0.6) is 0 Å². The Balaban J connectivity index is 2.51. The first-order valence-electron chi connectivity index (χ1n) is 4.85. The molecule has 0 aliphatic carbocycles. The predicted molar refractivity (Wildman–Crippen MR) is 61.8 cm³/mol. The third kappa shape index (κ3) is 4.17. The lowest BCUT2D eigenvalue weighted by molar-refractivity contribution is 0.0113. The Bertz CT molecular complexity index is 333. The van der Waals surface area contributed by atoms with Gasteiger partial charge in [-0.3, -0.25) is 0 Å². The van der Waals surface area contributed by atoms with E-state index in [9.17, 15) is 9.50 Å². The zero-order valence-electron chi connectivity index (χ0n) is 8.95. The lowest BCUT2D eigenvalue weighted by Crippen LogP contribution is -2.11. The molecule has 16 heavy (non-hydrogen) atoms. The molecule has 0 bridgehead atoms. The summed E-state index contributed by atoms with van der Waals surface area (Å²) in [5, 5.41) is 9.70. The zero-order chi connectivity index (χ0) is 12.0. The Morgan fingerprint density at radius 1 is 1.44 bits per heavy atom. The summed E-state index contributed by atoms with van der Waals surface area (Å²) in [6, 6.07) is 4.43. The summed E-state index contributed by atoms with van der Waals surface area (Å²) in [5.41, 5.74) is 0.229. The zero-order valence-corrected chi connectivity index (χ0v) is 10.5. The van der Waals surface area contributed by atoms with E-state index in [0.717, 1.165) is 4.47 Å². The van der Waals surface area contributed by atoms with Crippen LogP contribution >= 0.6 is 15.9 Å². The van der Waals surface area contributed by atoms with Crippen LogP contribution in [0.1, 0.15) is 11.7 Å². The molecule has 0 aliphatic heterocycles. The SMILES string of the molecule is COCCOCC(O)c1cc(Br)ccc1F. The number of methoxy groups -OCH3 is 1. The van der Waals surface area contributed by atoms with Gasteiger partial charge in [0.25, 0.3) is 0 Å². The van der Waals surface area contributed by atoms with E-state index in [4.69, 9.17) is 9.47 Å². The maximum Gasteiger partial charge on any atom is 0.129 e. The summed E-state index contributed by atoms with van der Waals surface area (Å²) >= 11 is 3.22. The van der Waals surface area contributed by atoms with Crippen molar-refractivity contribution in [2.75, 3.05) is 26.9 Å². The van der Waals surface area contributed by atoms with Crippen molar-refractivity contribution in [1.82, 2.24) is 0 Å². The van der Waals surface area contributed by atoms with Crippen molar-refractivity contribution >= 4 is 15.9 Å². The monoisotopic (exact) mass is 292 g/mol. The topological polar surface area (TPSA) is 38.7 Å². The van der Waals surface area contributed by atoms with Crippen LogP contribution in [0, 0.1) is 5.82 Å². The first-order valence-corrected chi connectivity index (χ1v) is 5.64. The molecule has 1 aromatic rings. The number of benzene rings is 1. The number of hydrogen-bond acceptors (Lipinski definition) is 3. The normalized spacial score (nSPS) is 12.8. The molecule has 3 nitrogen and oxygen atoms in total. The average molecular weight is 293 g/mol. The third-order valence-corrected chi connectivity index (χ3v) is 2.52. The van der Waals surface area contributed by atoms with Crippen molar-refractivity contribution in [3.8, 4) is 0 Å². The Hall–Kier alpha value is -0.490. The molecular weight excluding hydrogens is 279 g/mol. The summed E-state index contributed by atoms with van der Waals surface area (Å²) in [6.07, 6.45) is -0.964. The molecule has 1 rings (SSSR count). The number of halogens is 2. The summed E-state index contributed by atoms with van der Waals surface area (Å²) in [7, 11) is 1.56. The molecular formula is C11H14BrFO3. The highest BCUT2D eigenvalue weighted by Gasteiger charge is 2.13. The van der Waals surface area contributed by atoms with E-state index >= 15 is 0 Å². The first kappa shape index (κ1) is 13.6. The molecule has 0 saturated heterocycles. The largest absolute Gasteiger partial charge is 0.386 e. The maximum atomic E-state index is 13.3. The van der Waals surface area contributed by atoms with Gasteiger partial charge < -0.3 is 14.6 Å². The second-order valence-corrected chi connectivity index (χ2v) is 4.17. The molecule has 1 N–H and O–H groups in total. The number of hydrogen-bond donors (Lipinski definition) is 1. The van der Waals surface area contributed by atoms with E-state index in [2.05, 4.69) is 15.9 Å². The molecule has 0 aliphatic rings. The van der Waals surface area contributed by atoms with Crippen molar-refractivity contribution in [1.29, 1.82) is 0 Å². The number of aliphatic hydroxyl groups is 1. The van der Waals surface area contributed by atoms with Gasteiger partial charge in [-0.2, -0.15) is 0 Å². The quantitative estimate of drug-likeness (QED) is 0.818. The van der Waals surface area contributed by atoms with Crippen molar-refractivity contribution in [2.24, 2.45) is 0 Å². The molecule has 0 amide bonds. The van der Waals surface area contributed by atoms with Gasteiger partial charge in [-0.05, 0) is 18.2 Å². The lowest BCUT2D eigenvalue weighted by atomic mass is 10.1. The molecule has 0 radical (unpaired) electrons. The molecule has 1 aromatic carbocycles. The summed E-state index contributed by atoms with van der Waals surface area (Å²) in [6.45, 7) is 0.883. The standard InChI is InChI=1S/C11H14BrFO3/c1-15-4-5-16-7-11(14)9-6-8(12)2-3-10(9)13/h2-3,6,11,14H,4-5,7H2,1H3. The van der Waals surface area contributed by atoms with Gasteiger partial charge >= 0.3 is 0 Å². The van der Waals surface area contributed by atoms with Gasteiger partial charge in [0.05, 0.1) is 19.8 Å². The molecule has 1 unspecified atom stereocenters. The minimum absolute atomic E-state index is 0.0523. The van der Waals surface area contributed by atoms with E-state index in [0.29, 0.717) is 13.2 Å². The Morgan fingerprint density at radius 2 is 2.19 bits per heavy atom. The highest BCUT2D eigenvalue weighted by atomic mass is 79.9. The van der Waals surface area contributed by atoms with Crippen LogP contribution in [-0.4, -0.2) is 32.0 Å². The minimum Gasteiger partial charge on any atom is -0.386 e. The van der Waals surface area contributed by atoms with Crippen LogP contribution in [0.25, 0.3) is 0 Å². The number of aliphatic hydroxyl groups excluding tert-OH is 1. The molecule has 0 saturated carbocycles. The van der Waals surface area contributed by atoms with Gasteiger partial charge in [-0.25, -0.2) is 4.39 Å². The highest BCUT2D eigenvalue weighted by molar-refractivity contribution is 9.10. The van der Waals surface area contributed by atoms with Crippen LogP contribution in [0.15, 0.2) is 22.7 Å². The summed E-state index contributed by atoms with van der Waals surface area (Å²) in [4.78, 5) is 0. The lowest BCUT2D eigenvalue weighted by Gasteiger charge is -2.12. The van der Waals surface area contributed by atoms with Crippen LogP contribution in [0.3, 0.4) is 0 Å². The second-order valence-electron chi connectivity index (χ2n) is 3.25. The van der Waals surface area contributed by atoms with Gasteiger partial charge in [-0.1, -0.05) is 15.9 Å². The minimum atomic E-state index is -0.964. The van der Waals surface area contributed by atoms with Gasteiger partial charge in [0, 0.05) is 17.1 Å². The molecule has 0 spiro atoms. The third-order valence-electron chi connectivity index (χ3n) is 2.02. The van der Waals surface area contributed by atoms with Crippen LogP contribution in [0.4, 0.5) is 4.39 Å².